The largest absolute Gasteiger partial charge is 0.417 e. The van der Waals surface area contributed by atoms with E-state index in [9.17, 15) is 18.0 Å². The maximum Gasteiger partial charge on any atom is 0.417 e. The van der Waals surface area contributed by atoms with Gasteiger partial charge in [-0.25, -0.2) is 0 Å². The number of anilines is 1. The molecule has 0 aliphatic carbocycles. The minimum atomic E-state index is -4.58. The molecule has 1 aliphatic heterocycles. The summed E-state index contributed by atoms with van der Waals surface area (Å²) in [4.78, 5) is 11.4. The van der Waals surface area contributed by atoms with Crippen molar-refractivity contribution in [3.8, 4) is 6.07 Å². The zero-order valence-electron chi connectivity index (χ0n) is 11.1. The van der Waals surface area contributed by atoms with Crippen LogP contribution in [-0.2, 0) is 11.0 Å². The van der Waals surface area contributed by atoms with Crippen LogP contribution in [0.15, 0.2) is 18.2 Å². The van der Waals surface area contributed by atoms with Crippen molar-refractivity contribution < 1.29 is 18.0 Å². The first-order valence-electron chi connectivity index (χ1n) is 6.54. The molecular formula is C14H14F3N3O. The summed E-state index contributed by atoms with van der Waals surface area (Å²) in [6.07, 6.45) is -2.89. The first-order valence-corrected chi connectivity index (χ1v) is 6.54. The van der Waals surface area contributed by atoms with Gasteiger partial charge in [-0.1, -0.05) is 0 Å². The summed E-state index contributed by atoms with van der Waals surface area (Å²) < 4.78 is 38.6. The van der Waals surface area contributed by atoms with E-state index in [0.29, 0.717) is 13.0 Å². The van der Waals surface area contributed by atoms with Crippen molar-refractivity contribution in [3.05, 3.63) is 29.3 Å². The first kappa shape index (κ1) is 15.2. The van der Waals surface area contributed by atoms with E-state index >= 15 is 0 Å². The van der Waals surface area contributed by atoms with Crippen LogP contribution in [-0.4, -0.2) is 18.5 Å². The highest BCUT2D eigenvalue weighted by Crippen LogP contribution is 2.33. The molecule has 1 aromatic carbocycles. The number of halogens is 3. The van der Waals surface area contributed by atoms with Crippen molar-refractivity contribution in [1.29, 1.82) is 5.26 Å². The zero-order chi connectivity index (χ0) is 15.5. The van der Waals surface area contributed by atoms with Gasteiger partial charge in [0.25, 0.3) is 0 Å². The summed E-state index contributed by atoms with van der Waals surface area (Å²) in [7, 11) is 0. The Labute approximate surface area is 119 Å². The Morgan fingerprint density at radius 1 is 1.38 bits per heavy atom. The quantitative estimate of drug-likeness (QED) is 0.882. The second-order valence-electron chi connectivity index (χ2n) is 4.91. The van der Waals surface area contributed by atoms with Gasteiger partial charge in [-0.15, -0.1) is 0 Å². The smallest absolute Gasteiger partial charge is 0.382 e. The highest BCUT2D eigenvalue weighted by atomic mass is 19.4. The van der Waals surface area contributed by atoms with Gasteiger partial charge in [-0.2, -0.15) is 18.4 Å². The van der Waals surface area contributed by atoms with Gasteiger partial charge in [-0.3, -0.25) is 4.79 Å². The number of rotatable bonds is 2. The Morgan fingerprint density at radius 2 is 2.14 bits per heavy atom. The Kier molecular flexibility index (Phi) is 4.36. The normalized spacial score (nSPS) is 19.3. The van der Waals surface area contributed by atoms with Crippen LogP contribution < -0.4 is 10.6 Å². The molecule has 0 aromatic heterocycles. The number of hydrogen-bond acceptors (Lipinski definition) is 3. The maximum atomic E-state index is 12.9. The van der Waals surface area contributed by atoms with Gasteiger partial charge in [0.15, 0.2) is 0 Å². The Hall–Kier alpha value is -2.23. The fourth-order valence-electron chi connectivity index (χ4n) is 2.30. The SMILES string of the molecule is N#Cc1ccc(NC2CCCNC(=O)C2)cc1C(F)(F)F. The molecule has 2 rings (SSSR count). The van der Waals surface area contributed by atoms with E-state index in [-0.39, 0.29) is 24.1 Å². The van der Waals surface area contributed by atoms with Crippen LogP contribution in [0.3, 0.4) is 0 Å². The third-order valence-electron chi connectivity index (χ3n) is 3.30. The van der Waals surface area contributed by atoms with E-state index in [1.807, 2.05) is 0 Å². The molecule has 112 valence electrons. The number of alkyl halides is 3. The van der Waals surface area contributed by atoms with Gasteiger partial charge in [0, 0.05) is 24.7 Å². The van der Waals surface area contributed by atoms with Crippen molar-refractivity contribution in [1.82, 2.24) is 5.32 Å². The van der Waals surface area contributed by atoms with Gasteiger partial charge < -0.3 is 10.6 Å². The van der Waals surface area contributed by atoms with Crippen LogP contribution in [0.25, 0.3) is 0 Å². The lowest BCUT2D eigenvalue weighted by molar-refractivity contribution is -0.137. The monoisotopic (exact) mass is 297 g/mol. The van der Waals surface area contributed by atoms with Crippen LogP contribution in [0, 0.1) is 11.3 Å². The van der Waals surface area contributed by atoms with E-state index in [1.165, 1.54) is 12.1 Å². The van der Waals surface area contributed by atoms with Crippen LogP contribution in [0.2, 0.25) is 0 Å². The van der Waals surface area contributed by atoms with Gasteiger partial charge in [0.05, 0.1) is 17.2 Å². The average molecular weight is 297 g/mol. The fourth-order valence-corrected chi connectivity index (χ4v) is 2.30. The predicted octanol–water partition coefficient (Wildman–Crippen LogP) is 2.66. The number of benzene rings is 1. The van der Waals surface area contributed by atoms with Crippen molar-refractivity contribution in [2.24, 2.45) is 0 Å². The number of nitrogens with one attached hydrogen (secondary N) is 2. The lowest BCUT2D eigenvalue weighted by Gasteiger charge is -2.18. The molecule has 1 saturated heterocycles. The number of hydrogen-bond donors (Lipinski definition) is 2. The van der Waals surface area contributed by atoms with Crippen LogP contribution in [0.1, 0.15) is 30.4 Å². The molecule has 1 unspecified atom stereocenters. The maximum absolute atomic E-state index is 12.9. The molecular weight excluding hydrogens is 283 g/mol. The lowest BCUT2D eigenvalue weighted by atomic mass is 10.0. The molecule has 2 N–H and O–H groups in total. The number of amides is 1. The van der Waals surface area contributed by atoms with Crippen molar-refractivity contribution >= 4 is 11.6 Å². The molecule has 1 atom stereocenters. The third kappa shape index (κ3) is 3.88. The van der Waals surface area contributed by atoms with Crippen molar-refractivity contribution in [3.63, 3.8) is 0 Å². The highest BCUT2D eigenvalue weighted by molar-refractivity contribution is 5.77. The van der Waals surface area contributed by atoms with Gasteiger partial charge in [0.1, 0.15) is 0 Å². The van der Waals surface area contributed by atoms with Crippen LogP contribution in [0.4, 0.5) is 18.9 Å². The molecule has 0 spiro atoms. The van der Waals surface area contributed by atoms with Crippen molar-refractivity contribution in [2.75, 3.05) is 11.9 Å². The predicted molar refractivity (Wildman–Crippen MR) is 70.4 cm³/mol. The topological polar surface area (TPSA) is 64.9 Å². The lowest BCUT2D eigenvalue weighted by Crippen LogP contribution is -2.27. The molecule has 1 amide bonds. The highest BCUT2D eigenvalue weighted by Gasteiger charge is 2.34. The molecule has 0 radical (unpaired) electrons. The molecule has 1 heterocycles. The molecule has 0 saturated carbocycles. The average Bonchev–Trinajstić information content (AvgIpc) is 2.62. The summed E-state index contributed by atoms with van der Waals surface area (Å²) >= 11 is 0. The minimum absolute atomic E-state index is 0.116. The summed E-state index contributed by atoms with van der Waals surface area (Å²) in [6, 6.07) is 4.82. The second kappa shape index (κ2) is 6.04. The summed E-state index contributed by atoms with van der Waals surface area (Å²) in [5.74, 6) is -0.116. The molecule has 0 bridgehead atoms. The van der Waals surface area contributed by atoms with E-state index < -0.39 is 17.3 Å². The molecule has 1 fully saturated rings. The summed E-state index contributed by atoms with van der Waals surface area (Å²) in [5, 5.41) is 14.4. The van der Waals surface area contributed by atoms with Gasteiger partial charge in [-0.05, 0) is 31.0 Å². The molecule has 1 aliphatic rings. The Bertz CT molecular complexity index is 578. The molecule has 4 nitrogen and oxygen atoms in total. The second-order valence-corrected chi connectivity index (χ2v) is 4.91. The molecule has 1 aromatic rings. The summed E-state index contributed by atoms with van der Waals surface area (Å²) in [5.41, 5.74) is -1.11. The number of nitrogens with zero attached hydrogens (tertiary/aromatic N) is 1. The summed E-state index contributed by atoms with van der Waals surface area (Å²) in [6.45, 7) is 0.582. The van der Waals surface area contributed by atoms with Crippen LogP contribution >= 0.6 is 0 Å². The van der Waals surface area contributed by atoms with E-state index in [2.05, 4.69) is 10.6 Å². The third-order valence-corrected chi connectivity index (χ3v) is 3.30. The Balaban J connectivity index is 2.21. The Morgan fingerprint density at radius 3 is 2.81 bits per heavy atom. The first-order chi connectivity index (χ1) is 9.90. The number of carbonyl (C=O) groups is 1. The molecule has 21 heavy (non-hydrogen) atoms. The zero-order valence-corrected chi connectivity index (χ0v) is 11.1. The van der Waals surface area contributed by atoms with E-state index in [1.54, 1.807) is 0 Å². The standard InChI is InChI=1S/C14H14F3N3O/c15-14(16,17)12-6-11(4-3-9(12)8-18)20-10-2-1-5-19-13(21)7-10/h3-4,6,10,20H,1-2,5,7H2,(H,19,21). The number of carbonyl (C=O) groups excluding carboxylic acids is 1. The van der Waals surface area contributed by atoms with Gasteiger partial charge >= 0.3 is 6.18 Å². The van der Waals surface area contributed by atoms with E-state index in [4.69, 9.17) is 5.26 Å². The number of nitriles is 1. The van der Waals surface area contributed by atoms with Crippen LogP contribution in [0.5, 0.6) is 0 Å². The fraction of sp³-hybridized carbons (Fsp3) is 0.429. The van der Waals surface area contributed by atoms with Gasteiger partial charge in [0.2, 0.25) is 5.91 Å². The minimum Gasteiger partial charge on any atom is -0.382 e. The van der Waals surface area contributed by atoms with E-state index in [0.717, 1.165) is 18.6 Å². The van der Waals surface area contributed by atoms with Crippen molar-refractivity contribution in [2.45, 2.75) is 31.5 Å². The molecule has 7 heteroatoms.